The molecule has 18 heavy (non-hydrogen) atoms. The number of hydrogen-bond acceptors (Lipinski definition) is 4. The Bertz CT molecular complexity index is 505. The fourth-order valence-electron chi connectivity index (χ4n) is 1.53. The van der Waals surface area contributed by atoms with Crippen molar-refractivity contribution in [1.82, 2.24) is 0 Å². The highest BCUT2D eigenvalue weighted by Gasteiger charge is 2.11. The average Bonchev–Trinajstić information content (AvgIpc) is 2.87. The summed E-state index contributed by atoms with van der Waals surface area (Å²) >= 11 is 0. The van der Waals surface area contributed by atoms with Gasteiger partial charge < -0.3 is 14.5 Å². The maximum Gasteiger partial charge on any atom is 0.374 e. The molecule has 0 saturated heterocycles. The van der Waals surface area contributed by atoms with Crippen LogP contribution in [0.15, 0.2) is 46.9 Å². The minimum Gasteiger partial charge on any atom is -0.460 e. The number of furan rings is 1. The highest BCUT2D eigenvalue weighted by molar-refractivity contribution is 5.86. The van der Waals surface area contributed by atoms with Crippen molar-refractivity contribution >= 4 is 11.7 Å². The van der Waals surface area contributed by atoms with E-state index in [0.29, 0.717) is 18.9 Å². The molecular formula is C14H15NO3. The SMILES string of the molecule is CCOC(=O)c1ccc(CNc2ccccc2)o1. The minimum atomic E-state index is -0.427. The molecule has 0 unspecified atom stereocenters. The lowest BCUT2D eigenvalue weighted by molar-refractivity contribution is 0.0488. The van der Waals surface area contributed by atoms with Gasteiger partial charge in [0.15, 0.2) is 0 Å². The smallest absolute Gasteiger partial charge is 0.374 e. The molecule has 4 nitrogen and oxygen atoms in total. The van der Waals surface area contributed by atoms with E-state index in [1.807, 2.05) is 30.3 Å². The number of rotatable bonds is 5. The average molecular weight is 245 g/mol. The van der Waals surface area contributed by atoms with Crippen LogP contribution in [0.4, 0.5) is 5.69 Å². The molecule has 0 fully saturated rings. The zero-order valence-corrected chi connectivity index (χ0v) is 10.2. The van der Waals surface area contributed by atoms with E-state index < -0.39 is 5.97 Å². The van der Waals surface area contributed by atoms with E-state index in [4.69, 9.17) is 9.15 Å². The highest BCUT2D eigenvalue weighted by atomic mass is 16.5. The first-order chi connectivity index (χ1) is 8.79. The Balaban J connectivity index is 1.93. The van der Waals surface area contributed by atoms with Crippen LogP contribution in [0, 0.1) is 0 Å². The molecule has 94 valence electrons. The largest absolute Gasteiger partial charge is 0.460 e. The number of carbonyl (C=O) groups is 1. The van der Waals surface area contributed by atoms with Crippen LogP contribution < -0.4 is 5.32 Å². The quantitative estimate of drug-likeness (QED) is 0.822. The predicted octanol–water partition coefficient (Wildman–Crippen LogP) is 3.07. The molecule has 2 rings (SSSR count). The van der Waals surface area contributed by atoms with E-state index in [0.717, 1.165) is 5.69 Å². The number of benzene rings is 1. The van der Waals surface area contributed by atoms with Crippen molar-refractivity contribution in [2.24, 2.45) is 0 Å². The van der Waals surface area contributed by atoms with Crippen molar-refractivity contribution in [2.75, 3.05) is 11.9 Å². The normalized spacial score (nSPS) is 10.1. The summed E-state index contributed by atoms with van der Waals surface area (Å²) in [7, 11) is 0. The van der Waals surface area contributed by atoms with Crippen LogP contribution in [-0.2, 0) is 11.3 Å². The summed E-state index contributed by atoms with van der Waals surface area (Å²) < 4.78 is 10.2. The van der Waals surface area contributed by atoms with Gasteiger partial charge in [0.1, 0.15) is 5.76 Å². The molecule has 2 aromatic rings. The molecule has 0 aliphatic rings. The minimum absolute atomic E-state index is 0.238. The van der Waals surface area contributed by atoms with Crippen molar-refractivity contribution in [3.05, 3.63) is 54.0 Å². The van der Waals surface area contributed by atoms with Gasteiger partial charge in [-0.15, -0.1) is 0 Å². The molecule has 1 N–H and O–H groups in total. The fourth-order valence-corrected chi connectivity index (χ4v) is 1.53. The third-order valence-electron chi connectivity index (χ3n) is 2.38. The molecule has 0 radical (unpaired) electrons. The lowest BCUT2D eigenvalue weighted by Gasteiger charge is -2.03. The highest BCUT2D eigenvalue weighted by Crippen LogP contribution is 2.12. The second-order valence-corrected chi connectivity index (χ2v) is 3.71. The van der Waals surface area contributed by atoms with Crippen molar-refractivity contribution in [1.29, 1.82) is 0 Å². The third kappa shape index (κ3) is 3.13. The Morgan fingerprint density at radius 3 is 2.72 bits per heavy atom. The number of ether oxygens (including phenoxy) is 1. The standard InChI is InChI=1S/C14H15NO3/c1-2-17-14(16)13-9-8-12(18-13)10-15-11-6-4-3-5-7-11/h3-9,15H,2,10H2,1H3. The Hall–Kier alpha value is -2.23. The van der Waals surface area contributed by atoms with Crippen LogP contribution in [0.1, 0.15) is 23.2 Å². The molecule has 0 aliphatic heterocycles. The topological polar surface area (TPSA) is 51.5 Å². The van der Waals surface area contributed by atoms with Crippen molar-refractivity contribution in [3.8, 4) is 0 Å². The van der Waals surface area contributed by atoms with Gasteiger partial charge in [0.2, 0.25) is 5.76 Å². The summed E-state index contributed by atoms with van der Waals surface area (Å²) in [5, 5.41) is 3.20. The van der Waals surface area contributed by atoms with E-state index in [9.17, 15) is 4.79 Å². The summed E-state index contributed by atoms with van der Waals surface area (Å²) in [5.41, 5.74) is 1.01. The second-order valence-electron chi connectivity index (χ2n) is 3.71. The molecule has 1 aromatic carbocycles. The van der Waals surface area contributed by atoms with E-state index in [-0.39, 0.29) is 5.76 Å². The maximum atomic E-state index is 11.4. The summed E-state index contributed by atoms with van der Waals surface area (Å²) in [6.07, 6.45) is 0. The lowest BCUT2D eigenvalue weighted by atomic mass is 10.3. The van der Waals surface area contributed by atoms with Gasteiger partial charge in [-0.05, 0) is 31.2 Å². The number of nitrogens with one attached hydrogen (secondary N) is 1. The number of anilines is 1. The Morgan fingerprint density at radius 2 is 2.00 bits per heavy atom. The van der Waals surface area contributed by atoms with Crippen molar-refractivity contribution in [2.45, 2.75) is 13.5 Å². The van der Waals surface area contributed by atoms with Crippen LogP contribution in [0.5, 0.6) is 0 Å². The van der Waals surface area contributed by atoms with Crippen molar-refractivity contribution in [3.63, 3.8) is 0 Å². The summed E-state index contributed by atoms with van der Waals surface area (Å²) in [5.74, 6) is 0.507. The van der Waals surface area contributed by atoms with Crippen LogP contribution in [0.25, 0.3) is 0 Å². The maximum absolute atomic E-state index is 11.4. The molecule has 0 aliphatic carbocycles. The van der Waals surface area contributed by atoms with Crippen LogP contribution in [0.2, 0.25) is 0 Å². The first kappa shape index (κ1) is 12.2. The Kier molecular flexibility index (Phi) is 4.02. The Labute approximate surface area is 106 Å². The molecule has 0 bridgehead atoms. The van der Waals surface area contributed by atoms with Gasteiger partial charge in [-0.25, -0.2) is 4.79 Å². The first-order valence-electron chi connectivity index (χ1n) is 5.84. The van der Waals surface area contributed by atoms with Crippen LogP contribution in [-0.4, -0.2) is 12.6 Å². The van der Waals surface area contributed by atoms with Gasteiger partial charge in [-0.2, -0.15) is 0 Å². The first-order valence-corrected chi connectivity index (χ1v) is 5.84. The molecule has 1 aromatic heterocycles. The van der Waals surface area contributed by atoms with Gasteiger partial charge in [0, 0.05) is 5.69 Å². The Morgan fingerprint density at radius 1 is 1.22 bits per heavy atom. The second kappa shape index (κ2) is 5.91. The van der Waals surface area contributed by atoms with Crippen molar-refractivity contribution < 1.29 is 13.9 Å². The molecule has 4 heteroatoms. The lowest BCUT2D eigenvalue weighted by Crippen LogP contribution is -2.03. The molecule has 0 saturated carbocycles. The summed E-state index contributed by atoms with van der Waals surface area (Å²) in [6, 6.07) is 13.2. The van der Waals surface area contributed by atoms with Gasteiger partial charge in [0.05, 0.1) is 13.2 Å². The van der Waals surface area contributed by atoms with Crippen LogP contribution >= 0.6 is 0 Å². The van der Waals surface area contributed by atoms with Gasteiger partial charge >= 0.3 is 5.97 Å². The molecule has 0 amide bonds. The van der Waals surface area contributed by atoms with Gasteiger partial charge in [-0.3, -0.25) is 0 Å². The number of esters is 1. The zero-order chi connectivity index (χ0) is 12.8. The number of hydrogen-bond donors (Lipinski definition) is 1. The van der Waals surface area contributed by atoms with Gasteiger partial charge in [0.25, 0.3) is 0 Å². The predicted molar refractivity (Wildman–Crippen MR) is 68.4 cm³/mol. The van der Waals surface area contributed by atoms with E-state index >= 15 is 0 Å². The summed E-state index contributed by atoms with van der Waals surface area (Å²) in [4.78, 5) is 11.4. The zero-order valence-electron chi connectivity index (χ0n) is 10.2. The monoisotopic (exact) mass is 245 g/mol. The molecule has 1 heterocycles. The molecule has 0 spiro atoms. The number of para-hydroxylation sites is 1. The molecule has 0 atom stereocenters. The van der Waals surface area contributed by atoms with Crippen LogP contribution in [0.3, 0.4) is 0 Å². The third-order valence-corrected chi connectivity index (χ3v) is 2.38. The van der Waals surface area contributed by atoms with E-state index in [1.165, 1.54) is 0 Å². The summed E-state index contributed by atoms with van der Waals surface area (Å²) in [6.45, 7) is 2.64. The molecular weight excluding hydrogens is 230 g/mol. The number of carbonyl (C=O) groups excluding carboxylic acids is 1. The van der Waals surface area contributed by atoms with E-state index in [1.54, 1.807) is 19.1 Å². The van der Waals surface area contributed by atoms with E-state index in [2.05, 4.69) is 5.32 Å². The van der Waals surface area contributed by atoms with Gasteiger partial charge in [-0.1, -0.05) is 18.2 Å². The fraction of sp³-hybridized carbons (Fsp3) is 0.214.